The van der Waals surface area contributed by atoms with Crippen LogP contribution >= 0.6 is 0 Å². The Morgan fingerprint density at radius 3 is 3.13 bits per heavy atom. The van der Waals surface area contributed by atoms with Crippen LogP contribution in [-0.4, -0.2) is 15.9 Å². The number of aromatic nitrogens is 2. The molecule has 1 aromatic heterocycles. The highest BCUT2D eigenvalue weighted by Crippen LogP contribution is 2.15. The first kappa shape index (κ1) is 9.71. The number of carbonyl (C=O) groups excluding carboxylic acids is 1. The normalized spacial score (nSPS) is 10.5. The van der Waals surface area contributed by atoms with E-state index >= 15 is 0 Å². The first-order valence-corrected chi connectivity index (χ1v) is 4.95. The van der Waals surface area contributed by atoms with Gasteiger partial charge < -0.3 is 4.98 Å². The van der Waals surface area contributed by atoms with Crippen LogP contribution in [0.3, 0.4) is 0 Å². The number of benzene rings is 1. The Bertz CT molecular complexity index is 507. The molecule has 0 bridgehead atoms. The van der Waals surface area contributed by atoms with Gasteiger partial charge in [0.05, 0.1) is 11.0 Å². The average molecular weight is 205 g/mol. The van der Waals surface area contributed by atoms with Crippen LogP contribution in [0.2, 0.25) is 0 Å². The molecule has 2 rings (SSSR count). The first-order valence-electron chi connectivity index (χ1n) is 4.95. The van der Waals surface area contributed by atoms with E-state index in [0.717, 1.165) is 11.0 Å². The standard InChI is InChI=1S/C11H13N3O.H2/c1-3-10(15)14-11-12-8-5-4-7(2)6-9(8)13-11;/h4-6H,3H2,1-2H3,(H2,12,13,14,15);1H. The van der Waals surface area contributed by atoms with Crippen molar-refractivity contribution in [2.75, 3.05) is 5.32 Å². The molecule has 0 aliphatic heterocycles. The van der Waals surface area contributed by atoms with Crippen LogP contribution in [0.15, 0.2) is 18.2 Å². The van der Waals surface area contributed by atoms with Crippen LogP contribution in [-0.2, 0) is 4.79 Å². The van der Waals surface area contributed by atoms with E-state index < -0.39 is 0 Å². The summed E-state index contributed by atoms with van der Waals surface area (Å²) in [6.45, 7) is 3.83. The summed E-state index contributed by atoms with van der Waals surface area (Å²) in [7, 11) is 0. The summed E-state index contributed by atoms with van der Waals surface area (Å²) >= 11 is 0. The molecule has 0 saturated carbocycles. The highest BCUT2D eigenvalue weighted by atomic mass is 16.1. The van der Waals surface area contributed by atoms with Crippen molar-refractivity contribution in [3.8, 4) is 0 Å². The van der Waals surface area contributed by atoms with Crippen molar-refractivity contribution in [2.24, 2.45) is 0 Å². The van der Waals surface area contributed by atoms with Crippen LogP contribution in [0.25, 0.3) is 11.0 Å². The molecule has 1 amide bonds. The molecule has 1 heterocycles. The molecule has 80 valence electrons. The lowest BCUT2D eigenvalue weighted by molar-refractivity contribution is -0.115. The Morgan fingerprint density at radius 2 is 2.40 bits per heavy atom. The van der Waals surface area contributed by atoms with E-state index in [1.807, 2.05) is 32.0 Å². The number of aromatic amines is 1. The van der Waals surface area contributed by atoms with Crippen molar-refractivity contribution in [1.29, 1.82) is 0 Å². The molecular formula is C11H15N3O. The van der Waals surface area contributed by atoms with E-state index in [9.17, 15) is 4.79 Å². The zero-order chi connectivity index (χ0) is 10.8. The molecule has 2 N–H and O–H groups in total. The fraction of sp³-hybridized carbons (Fsp3) is 0.273. The predicted octanol–water partition coefficient (Wildman–Crippen LogP) is 2.47. The second-order valence-electron chi connectivity index (χ2n) is 3.51. The van der Waals surface area contributed by atoms with Gasteiger partial charge in [-0.25, -0.2) is 4.98 Å². The van der Waals surface area contributed by atoms with Crippen molar-refractivity contribution in [3.63, 3.8) is 0 Å². The van der Waals surface area contributed by atoms with Crippen molar-refractivity contribution in [2.45, 2.75) is 20.3 Å². The van der Waals surface area contributed by atoms with Crippen molar-refractivity contribution < 1.29 is 6.22 Å². The molecule has 0 saturated heterocycles. The molecule has 4 nitrogen and oxygen atoms in total. The molecule has 0 spiro atoms. The van der Waals surface area contributed by atoms with E-state index in [1.165, 1.54) is 5.56 Å². The SMILES string of the molecule is CCC(=O)Nc1nc2ccc(C)cc2[nH]1.[HH]. The number of anilines is 1. The van der Waals surface area contributed by atoms with Crippen molar-refractivity contribution in [3.05, 3.63) is 23.8 Å². The summed E-state index contributed by atoms with van der Waals surface area (Å²) in [6.07, 6.45) is 0.454. The largest absolute Gasteiger partial charge is 0.324 e. The van der Waals surface area contributed by atoms with Gasteiger partial charge in [0.2, 0.25) is 11.9 Å². The number of H-pyrrole nitrogens is 1. The summed E-state index contributed by atoms with van der Waals surface area (Å²) in [6, 6.07) is 5.93. The Kier molecular flexibility index (Phi) is 2.41. The van der Waals surface area contributed by atoms with Gasteiger partial charge in [-0.2, -0.15) is 0 Å². The molecule has 1 aromatic carbocycles. The lowest BCUT2D eigenvalue weighted by atomic mass is 10.2. The number of hydrogen-bond donors (Lipinski definition) is 2. The Morgan fingerprint density at radius 1 is 1.60 bits per heavy atom. The molecule has 0 atom stereocenters. The number of hydrogen-bond acceptors (Lipinski definition) is 2. The second kappa shape index (κ2) is 3.73. The number of aryl methyl sites for hydroxylation is 1. The first-order chi connectivity index (χ1) is 7.19. The minimum atomic E-state index is -0.0363. The lowest BCUT2D eigenvalue weighted by Crippen LogP contribution is -2.10. The average Bonchev–Trinajstić information content (AvgIpc) is 2.59. The second-order valence-corrected chi connectivity index (χ2v) is 3.51. The number of fused-ring (bicyclic) bond motifs is 1. The Labute approximate surface area is 89.2 Å². The third kappa shape index (κ3) is 1.98. The van der Waals surface area contributed by atoms with Gasteiger partial charge in [-0.05, 0) is 24.6 Å². The fourth-order valence-electron chi connectivity index (χ4n) is 1.40. The van der Waals surface area contributed by atoms with E-state index in [1.54, 1.807) is 0 Å². The summed E-state index contributed by atoms with van der Waals surface area (Å²) < 4.78 is 0. The highest BCUT2D eigenvalue weighted by Gasteiger charge is 2.04. The molecule has 0 fully saturated rings. The van der Waals surface area contributed by atoms with Gasteiger partial charge in [-0.15, -0.1) is 0 Å². The van der Waals surface area contributed by atoms with Gasteiger partial charge in [0, 0.05) is 7.85 Å². The van der Waals surface area contributed by atoms with Crippen LogP contribution in [0.1, 0.15) is 20.3 Å². The molecule has 0 unspecified atom stereocenters. The lowest BCUT2D eigenvalue weighted by Gasteiger charge is -1.95. The molecule has 15 heavy (non-hydrogen) atoms. The van der Waals surface area contributed by atoms with E-state index in [-0.39, 0.29) is 7.33 Å². The summed E-state index contributed by atoms with van der Waals surface area (Å²) in [4.78, 5) is 18.5. The maximum atomic E-state index is 11.2. The van der Waals surface area contributed by atoms with Crippen LogP contribution in [0.5, 0.6) is 0 Å². The quantitative estimate of drug-likeness (QED) is 0.791. The van der Waals surface area contributed by atoms with Gasteiger partial charge in [-0.3, -0.25) is 10.1 Å². The maximum Gasteiger partial charge on any atom is 0.226 e. The van der Waals surface area contributed by atoms with Crippen molar-refractivity contribution in [1.82, 2.24) is 9.97 Å². The van der Waals surface area contributed by atoms with Crippen LogP contribution < -0.4 is 5.32 Å². The van der Waals surface area contributed by atoms with E-state index in [2.05, 4.69) is 15.3 Å². The highest BCUT2D eigenvalue weighted by molar-refractivity contribution is 5.90. The van der Waals surface area contributed by atoms with E-state index in [0.29, 0.717) is 12.4 Å². The molecule has 0 aliphatic carbocycles. The number of carbonyl (C=O) groups is 1. The minimum absolute atomic E-state index is 0. The zero-order valence-corrected chi connectivity index (χ0v) is 8.79. The number of rotatable bonds is 2. The summed E-state index contributed by atoms with van der Waals surface area (Å²) in [5.74, 6) is 0.480. The molecule has 0 aliphatic rings. The van der Waals surface area contributed by atoms with E-state index in [4.69, 9.17) is 0 Å². The number of nitrogens with one attached hydrogen (secondary N) is 2. The van der Waals surface area contributed by atoms with Gasteiger partial charge in [-0.1, -0.05) is 13.0 Å². The minimum Gasteiger partial charge on any atom is -0.324 e. The van der Waals surface area contributed by atoms with Crippen molar-refractivity contribution >= 4 is 22.9 Å². The monoisotopic (exact) mass is 205 g/mol. The molecule has 4 heteroatoms. The molecule has 0 radical (unpaired) electrons. The molecule has 2 aromatic rings. The number of amides is 1. The number of imidazole rings is 1. The summed E-state index contributed by atoms with van der Waals surface area (Å²) in [5, 5.41) is 2.69. The van der Waals surface area contributed by atoms with Gasteiger partial charge >= 0.3 is 0 Å². The topological polar surface area (TPSA) is 57.8 Å². The van der Waals surface area contributed by atoms with Crippen LogP contribution in [0.4, 0.5) is 5.95 Å². The van der Waals surface area contributed by atoms with Gasteiger partial charge in [0.1, 0.15) is 0 Å². The smallest absolute Gasteiger partial charge is 0.226 e. The Balaban J connectivity index is 0.00000128. The van der Waals surface area contributed by atoms with Gasteiger partial charge in [0.25, 0.3) is 0 Å². The molecular weight excluding hydrogens is 190 g/mol. The van der Waals surface area contributed by atoms with Crippen LogP contribution in [0, 0.1) is 6.92 Å². The maximum absolute atomic E-state index is 11.2. The Hall–Kier alpha value is -1.84. The third-order valence-electron chi connectivity index (χ3n) is 2.22. The summed E-state index contributed by atoms with van der Waals surface area (Å²) in [5.41, 5.74) is 2.98. The third-order valence-corrected chi connectivity index (χ3v) is 2.22. The fourth-order valence-corrected chi connectivity index (χ4v) is 1.40. The zero-order valence-electron chi connectivity index (χ0n) is 8.79. The number of nitrogens with zero attached hydrogens (tertiary/aromatic N) is 1. The van der Waals surface area contributed by atoms with Gasteiger partial charge in [0.15, 0.2) is 0 Å². The predicted molar refractivity (Wildman–Crippen MR) is 61.9 cm³/mol.